The predicted octanol–water partition coefficient (Wildman–Crippen LogP) is 2.08. The molecule has 0 saturated carbocycles. The van der Waals surface area contributed by atoms with E-state index >= 15 is 0 Å². The van der Waals surface area contributed by atoms with Crippen molar-refractivity contribution < 1.29 is 9.47 Å². The summed E-state index contributed by atoms with van der Waals surface area (Å²) in [4.78, 5) is 0. The first-order chi connectivity index (χ1) is 7.03. The van der Waals surface area contributed by atoms with Crippen LogP contribution in [0.4, 0.5) is 0 Å². The molecule has 1 aliphatic rings. The van der Waals surface area contributed by atoms with Gasteiger partial charge < -0.3 is 14.8 Å². The van der Waals surface area contributed by atoms with E-state index in [0.29, 0.717) is 6.61 Å². The summed E-state index contributed by atoms with van der Waals surface area (Å²) in [6.45, 7) is 7.69. The molecule has 1 rings (SSSR count). The molecule has 0 radical (unpaired) electrons. The van der Waals surface area contributed by atoms with E-state index in [-0.39, 0.29) is 11.6 Å². The fourth-order valence-electron chi connectivity index (χ4n) is 1.46. The maximum Gasteiger partial charge on any atom is 0.111 e. The van der Waals surface area contributed by atoms with Gasteiger partial charge >= 0.3 is 0 Å². The van der Waals surface area contributed by atoms with E-state index in [2.05, 4.69) is 32.2 Å². The van der Waals surface area contributed by atoms with Crippen molar-refractivity contribution >= 4 is 0 Å². The van der Waals surface area contributed by atoms with Crippen molar-refractivity contribution in [2.45, 2.75) is 45.3 Å². The van der Waals surface area contributed by atoms with Gasteiger partial charge in [0.15, 0.2) is 0 Å². The molecule has 15 heavy (non-hydrogen) atoms. The Hall–Kier alpha value is -0.540. The maximum absolute atomic E-state index is 5.75. The first kappa shape index (κ1) is 12.5. The Morgan fingerprint density at radius 3 is 2.73 bits per heavy atom. The number of nitrogens with one attached hydrogen (secondary N) is 1. The molecule has 1 unspecified atom stereocenters. The second-order valence-corrected chi connectivity index (χ2v) is 4.86. The Labute approximate surface area is 92.8 Å². The summed E-state index contributed by atoms with van der Waals surface area (Å²) in [6, 6.07) is 0.185. The van der Waals surface area contributed by atoms with Crippen LogP contribution < -0.4 is 5.32 Å². The molecule has 0 aromatic heterocycles. The quantitative estimate of drug-likeness (QED) is 0.775. The summed E-state index contributed by atoms with van der Waals surface area (Å²) in [6.07, 6.45) is 4.40. The summed E-state index contributed by atoms with van der Waals surface area (Å²) in [5.41, 5.74) is -0.0929. The summed E-state index contributed by atoms with van der Waals surface area (Å²) < 4.78 is 11.4. The van der Waals surface area contributed by atoms with Crippen LogP contribution in [0.3, 0.4) is 0 Å². The highest BCUT2D eigenvalue weighted by molar-refractivity contribution is 5.05. The van der Waals surface area contributed by atoms with Crippen molar-refractivity contribution in [2.75, 3.05) is 20.3 Å². The molecule has 0 fully saturated rings. The SMILES string of the molecule is CNC(COC(C)(C)C)C1=CCCCO1. The third-order valence-electron chi connectivity index (χ3n) is 2.34. The lowest BCUT2D eigenvalue weighted by Gasteiger charge is -2.27. The topological polar surface area (TPSA) is 30.5 Å². The molecule has 0 saturated heterocycles. The van der Waals surface area contributed by atoms with Crippen molar-refractivity contribution in [3.05, 3.63) is 11.8 Å². The lowest BCUT2D eigenvalue weighted by Crippen LogP contribution is -2.37. The normalized spacial score (nSPS) is 19.3. The van der Waals surface area contributed by atoms with Crippen LogP contribution >= 0.6 is 0 Å². The van der Waals surface area contributed by atoms with Gasteiger partial charge in [0, 0.05) is 0 Å². The molecule has 1 N–H and O–H groups in total. The predicted molar refractivity (Wildman–Crippen MR) is 61.8 cm³/mol. The third-order valence-corrected chi connectivity index (χ3v) is 2.34. The lowest BCUT2D eigenvalue weighted by atomic mass is 10.1. The van der Waals surface area contributed by atoms with Gasteiger partial charge in [-0.1, -0.05) is 0 Å². The van der Waals surface area contributed by atoms with Crippen molar-refractivity contribution in [3.8, 4) is 0 Å². The van der Waals surface area contributed by atoms with Gasteiger partial charge in [-0.05, 0) is 46.7 Å². The maximum atomic E-state index is 5.75. The molecule has 0 aliphatic carbocycles. The van der Waals surface area contributed by atoms with E-state index in [9.17, 15) is 0 Å². The van der Waals surface area contributed by atoms with Gasteiger partial charge in [0.25, 0.3) is 0 Å². The molecule has 0 spiro atoms. The fourth-order valence-corrected chi connectivity index (χ4v) is 1.46. The van der Waals surface area contributed by atoms with Crippen molar-refractivity contribution in [3.63, 3.8) is 0 Å². The molecule has 0 aromatic carbocycles. The summed E-state index contributed by atoms with van der Waals surface area (Å²) >= 11 is 0. The van der Waals surface area contributed by atoms with E-state index in [4.69, 9.17) is 9.47 Å². The number of hydrogen-bond donors (Lipinski definition) is 1. The van der Waals surface area contributed by atoms with Gasteiger partial charge in [0.2, 0.25) is 0 Å². The molecule has 3 heteroatoms. The minimum Gasteiger partial charge on any atom is -0.497 e. The molecule has 0 aromatic rings. The molecular weight excluding hydrogens is 190 g/mol. The van der Waals surface area contributed by atoms with Crippen LogP contribution in [-0.4, -0.2) is 31.9 Å². The van der Waals surface area contributed by atoms with Gasteiger partial charge in [-0.15, -0.1) is 0 Å². The average molecular weight is 213 g/mol. The van der Waals surface area contributed by atoms with Crippen molar-refractivity contribution in [1.29, 1.82) is 0 Å². The minimum atomic E-state index is -0.0929. The van der Waals surface area contributed by atoms with Gasteiger partial charge in [-0.25, -0.2) is 0 Å². The van der Waals surface area contributed by atoms with Crippen LogP contribution in [0, 0.1) is 0 Å². The molecule has 88 valence electrons. The molecule has 1 aliphatic heterocycles. The van der Waals surface area contributed by atoms with Crippen LogP contribution in [-0.2, 0) is 9.47 Å². The summed E-state index contributed by atoms with van der Waals surface area (Å²) in [7, 11) is 1.94. The van der Waals surface area contributed by atoms with E-state index in [1.165, 1.54) is 0 Å². The van der Waals surface area contributed by atoms with Crippen LogP contribution in [0.2, 0.25) is 0 Å². The Kier molecular flexibility index (Phi) is 4.61. The molecule has 1 heterocycles. The molecular formula is C12H23NO2. The Bertz CT molecular complexity index is 218. The molecule has 1 atom stereocenters. The highest BCUT2D eigenvalue weighted by atomic mass is 16.5. The number of ether oxygens (including phenoxy) is 2. The van der Waals surface area contributed by atoms with Crippen molar-refractivity contribution in [1.82, 2.24) is 5.32 Å². The van der Waals surface area contributed by atoms with Gasteiger partial charge in [-0.3, -0.25) is 0 Å². The molecule has 3 nitrogen and oxygen atoms in total. The summed E-state index contributed by atoms with van der Waals surface area (Å²) in [5.74, 6) is 1.04. The monoisotopic (exact) mass is 213 g/mol. The minimum absolute atomic E-state index is 0.0929. The van der Waals surface area contributed by atoms with Gasteiger partial charge in [0.05, 0.1) is 24.9 Å². The average Bonchev–Trinajstić information content (AvgIpc) is 2.19. The number of hydrogen-bond acceptors (Lipinski definition) is 3. The van der Waals surface area contributed by atoms with Crippen LogP contribution in [0.5, 0.6) is 0 Å². The molecule has 0 amide bonds. The smallest absolute Gasteiger partial charge is 0.111 e. The Balaban J connectivity index is 2.44. The van der Waals surface area contributed by atoms with E-state index < -0.39 is 0 Å². The number of allylic oxidation sites excluding steroid dienone is 1. The second kappa shape index (κ2) is 5.52. The van der Waals surface area contributed by atoms with Crippen LogP contribution in [0.25, 0.3) is 0 Å². The van der Waals surface area contributed by atoms with Crippen molar-refractivity contribution in [2.24, 2.45) is 0 Å². The van der Waals surface area contributed by atoms with Crippen LogP contribution in [0.15, 0.2) is 11.8 Å². The first-order valence-corrected chi connectivity index (χ1v) is 5.67. The van der Waals surface area contributed by atoms with Gasteiger partial charge in [-0.2, -0.15) is 0 Å². The van der Waals surface area contributed by atoms with Gasteiger partial charge in [0.1, 0.15) is 5.76 Å². The zero-order valence-corrected chi connectivity index (χ0v) is 10.3. The zero-order valence-electron chi connectivity index (χ0n) is 10.3. The Morgan fingerprint density at radius 2 is 2.27 bits per heavy atom. The number of likely N-dealkylation sites (N-methyl/N-ethyl adjacent to an activating group) is 1. The lowest BCUT2D eigenvalue weighted by molar-refractivity contribution is -0.0169. The second-order valence-electron chi connectivity index (χ2n) is 4.86. The van der Waals surface area contributed by atoms with E-state index in [1.807, 2.05) is 7.05 Å². The Morgan fingerprint density at radius 1 is 1.53 bits per heavy atom. The largest absolute Gasteiger partial charge is 0.497 e. The van der Waals surface area contributed by atoms with Crippen LogP contribution in [0.1, 0.15) is 33.6 Å². The standard InChI is InChI=1S/C12H23NO2/c1-12(2,3)15-9-10(13-4)11-7-5-6-8-14-11/h7,10,13H,5-6,8-9H2,1-4H3. The summed E-state index contributed by atoms with van der Waals surface area (Å²) in [5, 5.41) is 3.23. The number of rotatable bonds is 4. The van der Waals surface area contributed by atoms with E-state index in [0.717, 1.165) is 25.2 Å². The first-order valence-electron chi connectivity index (χ1n) is 5.67. The highest BCUT2D eigenvalue weighted by Crippen LogP contribution is 2.16. The highest BCUT2D eigenvalue weighted by Gasteiger charge is 2.19. The zero-order chi connectivity index (χ0) is 11.3. The third kappa shape index (κ3) is 4.67. The van der Waals surface area contributed by atoms with E-state index in [1.54, 1.807) is 0 Å². The molecule has 0 bridgehead atoms. The fraction of sp³-hybridized carbons (Fsp3) is 0.833.